The zero-order valence-electron chi connectivity index (χ0n) is 28.9. The Morgan fingerprint density at radius 2 is 1.72 bits per heavy atom. The number of amides is 1. The van der Waals surface area contributed by atoms with E-state index in [9.17, 15) is 9.59 Å². The number of likely N-dealkylation sites (N-methyl/N-ethyl adjacent to an activating group) is 1. The fourth-order valence-corrected chi connectivity index (χ4v) is 7.09. The van der Waals surface area contributed by atoms with Gasteiger partial charge in [0, 0.05) is 41.6 Å². The zero-order valence-corrected chi connectivity index (χ0v) is 29.7. The molecular weight excluding hydrogens is 656 g/mol. The number of furan rings is 1. The van der Waals surface area contributed by atoms with Crippen LogP contribution in [0.3, 0.4) is 0 Å². The Bertz CT molecular complexity index is 1910. The van der Waals surface area contributed by atoms with Crippen LogP contribution in [-0.2, 0) is 6.54 Å². The molecule has 1 aliphatic heterocycles. The number of hydrogen-bond acceptors (Lipinski definition) is 8. The van der Waals surface area contributed by atoms with Crippen LogP contribution in [0.5, 0.6) is 17.2 Å². The van der Waals surface area contributed by atoms with Crippen LogP contribution in [0.4, 0.5) is 0 Å². The first-order valence-corrected chi connectivity index (χ1v) is 17.2. The van der Waals surface area contributed by atoms with E-state index >= 15 is 0 Å². The number of carbonyl (C=O) groups is 2. The minimum atomic E-state index is -0.158. The van der Waals surface area contributed by atoms with E-state index in [1.807, 2.05) is 53.1 Å². The summed E-state index contributed by atoms with van der Waals surface area (Å²) in [7, 11) is 6.40. The number of aromatic nitrogens is 2. The normalized spacial score (nSPS) is 14.4. The van der Waals surface area contributed by atoms with E-state index in [0.717, 1.165) is 61.1 Å². The van der Waals surface area contributed by atoms with Crippen molar-refractivity contribution in [1.82, 2.24) is 19.4 Å². The molecule has 10 nitrogen and oxygen atoms in total. The summed E-state index contributed by atoms with van der Waals surface area (Å²) in [5, 5.41) is 0.657. The second-order valence-corrected chi connectivity index (χ2v) is 13.2. The first-order valence-electron chi connectivity index (χ1n) is 16.8. The lowest BCUT2D eigenvalue weighted by Gasteiger charge is -2.33. The van der Waals surface area contributed by atoms with Gasteiger partial charge in [-0.15, -0.1) is 0 Å². The van der Waals surface area contributed by atoms with E-state index in [4.69, 9.17) is 35.2 Å². The van der Waals surface area contributed by atoms with Crippen LogP contribution >= 0.6 is 11.6 Å². The Morgan fingerprint density at radius 3 is 2.38 bits per heavy atom. The van der Waals surface area contributed by atoms with Gasteiger partial charge in [0.1, 0.15) is 0 Å². The van der Waals surface area contributed by atoms with Crippen molar-refractivity contribution in [3.8, 4) is 17.2 Å². The minimum Gasteiger partial charge on any atom is -0.493 e. The topological polar surface area (TPSA) is 99.3 Å². The zero-order chi connectivity index (χ0) is 35.2. The summed E-state index contributed by atoms with van der Waals surface area (Å²) in [4.78, 5) is 36.6. The number of halogens is 1. The summed E-state index contributed by atoms with van der Waals surface area (Å²) < 4.78 is 23.7. The van der Waals surface area contributed by atoms with Gasteiger partial charge in [0.2, 0.25) is 11.5 Å². The summed E-state index contributed by atoms with van der Waals surface area (Å²) >= 11 is 6.43. The summed E-state index contributed by atoms with van der Waals surface area (Å²) in [6.45, 7) is 3.45. The fourth-order valence-electron chi connectivity index (χ4n) is 6.89. The van der Waals surface area contributed by atoms with E-state index in [1.54, 1.807) is 36.6 Å². The number of likely N-dealkylation sites (tertiary alicyclic amines) is 1. The Balaban J connectivity index is 1.12. The molecule has 1 atom stereocenters. The summed E-state index contributed by atoms with van der Waals surface area (Å²) in [5.74, 6) is 1.65. The summed E-state index contributed by atoms with van der Waals surface area (Å²) in [6.07, 6.45) is 5.68. The highest BCUT2D eigenvalue weighted by Crippen LogP contribution is 2.38. The van der Waals surface area contributed by atoms with E-state index in [1.165, 1.54) is 21.3 Å². The second kappa shape index (κ2) is 15.8. The van der Waals surface area contributed by atoms with E-state index < -0.39 is 0 Å². The predicted molar refractivity (Wildman–Crippen MR) is 193 cm³/mol. The molecule has 1 unspecified atom stereocenters. The maximum atomic E-state index is 13.9. The number of fused-ring (bicyclic) bond motifs is 1. The van der Waals surface area contributed by atoms with Crippen LogP contribution in [0.2, 0.25) is 5.02 Å². The van der Waals surface area contributed by atoms with Crippen molar-refractivity contribution < 1.29 is 28.2 Å². The number of nitrogens with zero attached hydrogens (tertiary/aromatic N) is 4. The number of Topliss-reactive ketones (excluding diaryl/α,β-unsaturated/α-hetero) is 1. The molecule has 2 aromatic heterocycles. The van der Waals surface area contributed by atoms with Gasteiger partial charge in [-0.3, -0.25) is 9.59 Å². The number of methoxy groups -OCH3 is 3. The van der Waals surface area contributed by atoms with Crippen LogP contribution in [0, 0.1) is 5.92 Å². The lowest BCUT2D eigenvalue weighted by Crippen LogP contribution is -2.38. The molecule has 5 aromatic rings. The molecule has 0 aliphatic carbocycles. The first-order chi connectivity index (χ1) is 24.3. The quantitative estimate of drug-likeness (QED) is 0.112. The molecular formula is C39H43ClN4O6. The second-order valence-electron chi connectivity index (χ2n) is 12.8. The number of imidazole rings is 1. The van der Waals surface area contributed by atoms with Gasteiger partial charge in [-0.1, -0.05) is 35.9 Å². The summed E-state index contributed by atoms with van der Waals surface area (Å²) in [6, 6.07) is 21.0. The van der Waals surface area contributed by atoms with Crippen LogP contribution in [0.25, 0.3) is 11.0 Å². The van der Waals surface area contributed by atoms with Crippen LogP contribution in [0.15, 0.2) is 83.7 Å². The van der Waals surface area contributed by atoms with Crippen molar-refractivity contribution in [1.29, 1.82) is 0 Å². The lowest BCUT2D eigenvalue weighted by atomic mass is 9.90. The van der Waals surface area contributed by atoms with Crippen molar-refractivity contribution in [2.45, 2.75) is 31.7 Å². The van der Waals surface area contributed by atoms with Crippen LogP contribution < -0.4 is 14.2 Å². The van der Waals surface area contributed by atoms with Crippen molar-refractivity contribution >= 4 is 34.3 Å². The third-order valence-electron chi connectivity index (χ3n) is 9.62. The Hall–Kier alpha value is -4.80. The predicted octanol–water partition coefficient (Wildman–Crippen LogP) is 7.20. The molecule has 1 amide bonds. The van der Waals surface area contributed by atoms with E-state index in [0.29, 0.717) is 46.7 Å². The number of rotatable bonds is 14. The third kappa shape index (κ3) is 7.66. The van der Waals surface area contributed by atoms with Crippen molar-refractivity contribution in [3.05, 3.63) is 107 Å². The fraction of sp³-hybridized carbons (Fsp3) is 0.359. The first kappa shape index (κ1) is 35.0. The third-order valence-corrected chi connectivity index (χ3v) is 9.86. The summed E-state index contributed by atoms with van der Waals surface area (Å²) in [5.41, 5.74) is 4.26. The largest absolute Gasteiger partial charge is 0.493 e. The molecule has 1 aliphatic rings. The van der Waals surface area contributed by atoms with Crippen molar-refractivity contribution in [2.75, 3.05) is 54.6 Å². The van der Waals surface area contributed by atoms with Gasteiger partial charge in [-0.2, -0.15) is 0 Å². The number of ketones is 1. The van der Waals surface area contributed by atoms with Crippen molar-refractivity contribution in [2.24, 2.45) is 5.92 Å². The Morgan fingerprint density at radius 1 is 0.980 bits per heavy atom. The molecule has 3 heterocycles. The minimum absolute atomic E-state index is 0.0341. The molecule has 262 valence electrons. The van der Waals surface area contributed by atoms with E-state index in [-0.39, 0.29) is 23.5 Å². The number of carbonyl (C=O) groups excluding carboxylic acids is 2. The monoisotopic (exact) mass is 698 g/mol. The van der Waals surface area contributed by atoms with Crippen molar-refractivity contribution in [3.63, 3.8) is 0 Å². The highest BCUT2D eigenvalue weighted by molar-refractivity contribution is 6.30. The Kier molecular flexibility index (Phi) is 11.1. The molecule has 0 radical (unpaired) electrons. The number of para-hydroxylation sites is 2. The van der Waals surface area contributed by atoms with Crippen LogP contribution in [0.1, 0.15) is 57.3 Å². The van der Waals surface area contributed by atoms with Gasteiger partial charge in [0.15, 0.2) is 17.3 Å². The smallest absolute Gasteiger partial charge is 0.253 e. The van der Waals surface area contributed by atoms with Gasteiger partial charge in [-0.25, -0.2) is 4.98 Å². The average molecular weight is 699 g/mol. The highest BCUT2D eigenvalue weighted by Gasteiger charge is 2.30. The molecule has 0 saturated carbocycles. The molecule has 3 aromatic carbocycles. The highest BCUT2D eigenvalue weighted by atomic mass is 35.5. The molecule has 0 bridgehead atoms. The van der Waals surface area contributed by atoms with Gasteiger partial charge in [0.25, 0.3) is 5.91 Å². The van der Waals surface area contributed by atoms with Gasteiger partial charge >= 0.3 is 0 Å². The molecule has 50 heavy (non-hydrogen) atoms. The molecule has 0 spiro atoms. The number of ether oxygens (including phenoxy) is 3. The maximum Gasteiger partial charge on any atom is 0.253 e. The van der Waals surface area contributed by atoms with Gasteiger partial charge in [0.05, 0.1) is 51.4 Å². The maximum absolute atomic E-state index is 13.9. The molecule has 1 fully saturated rings. The molecule has 11 heteroatoms. The number of benzene rings is 3. The van der Waals surface area contributed by atoms with E-state index in [2.05, 4.69) is 11.0 Å². The number of hydrogen-bond donors (Lipinski definition) is 0. The SMILES string of the molecule is COc1cc(C(=O)N(C)CC(CCN2CCC(C(=O)c3nc4ccccc4n3Cc3ccoc3)CC2)c2cccc(Cl)c2)cc(OC)c1OC. The molecule has 0 N–H and O–H groups in total. The van der Waals surface area contributed by atoms with Gasteiger partial charge in [-0.05, 0) is 86.9 Å². The number of piperidine rings is 1. The van der Waals surface area contributed by atoms with Gasteiger partial charge < -0.3 is 33.0 Å². The lowest BCUT2D eigenvalue weighted by molar-refractivity contribution is 0.0778. The average Bonchev–Trinajstić information content (AvgIpc) is 3.80. The molecule has 1 saturated heterocycles. The van der Waals surface area contributed by atoms with Crippen LogP contribution in [-0.4, -0.2) is 85.6 Å². The molecule has 6 rings (SSSR count). The standard InChI is InChI=1S/C39H43ClN4O6/c1-42(39(46)30-21-34(47-2)37(49-4)35(22-30)48-3)24-29(28-8-7-9-31(40)20-28)14-18-43-16-12-27(13-17-43)36(45)38-41-32-10-5-6-11-33(32)44(38)23-26-15-19-50-25-26/h5-11,15,19-22,25,27,29H,12-14,16-18,23-24H2,1-4H3. The Labute approximate surface area is 297 Å².